The Morgan fingerprint density at radius 3 is 2.89 bits per heavy atom. The van der Waals surface area contributed by atoms with Crippen molar-refractivity contribution in [2.24, 2.45) is 0 Å². The van der Waals surface area contributed by atoms with Gasteiger partial charge in [-0.05, 0) is 25.1 Å². The summed E-state index contributed by atoms with van der Waals surface area (Å²) in [6.45, 7) is 3.88. The highest BCUT2D eigenvalue weighted by Crippen LogP contribution is 2.33. The Morgan fingerprint density at radius 2 is 2.32 bits per heavy atom. The van der Waals surface area contributed by atoms with Crippen molar-refractivity contribution in [1.82, 2.24) is 4.98 Å². The number of carbonyl (C=O) groups is 1. The first-order valence-electron chi connectivity index (χ1n) is 5.85. The molecular weight excluding hydrogens is 262 g/mol. The second-order valence-electron chi connectivity index (χ2n) is 3.89. The van der Waals surface area contributed by atoms with Crippen LogP contribution in [-0.4, -0.2) is 17.5 Å². The predicted octanol–water partition coefficient (Wildman–Crippen LogP) is 2.75. The number of nitrogens with two attached hydrogens (primary N) is 1. The van der Waals surface area contributed by atoms with Gasteiger partial charge in [-0.1, -0.05) is 0 Å². The zero-order chi connectivity index (χ0) is 13.8. The molecule has 0 aliphatic heterocycles. The normalized spacial score (nSPS) is 10.2. The molecule has 1 amide bonds. The van der Waals surface area contributed by atoms with Crippen molar-refractivity contribution in [3.05, 3.63) is 23.7 Å². The maximum Gasteiger partial charge on any atom is 0.221 e. The summed E-state index contributed by atoms with van der Waals surface area (Å²) in [6.07, 6.45) is 0. The molecule has 1 heterocycles. The minimum atomic E-state index is -0.149. The summed E-state index contributed by atoms with van der Waals surface area (Å²) in [7, 11) is 0. The zero-order valence-electron chi connectivity index (χ0n) is 10.8. The van der Waals surface area contributed by atoms with E-state index in [4.69, 9.17) is 10.5 Å². The van der Waals surface area contributed by atoms with Gasteiger partial charge in [0.2, 0.25) is 5.91 Å². The molecule has 0 radical (unpaired) electrons. The SMILES string of the molecule is CCOc1ccc(-c2ncsc2N)cc1NC(C)=O. The number of nitrogen functional groups attached to an aromatic ring is 1. The molecule has 6 heteroatoms. The van der Waals surface area contributed by atoms with Gasteiger partial charge in [0, 0.05) is 12.5 Å². The van der Waals surface area contributed by atoms with Crippen molar-refractivity contribution in [3.8, 4) is 17.0 Å². The second kappa shape index (κ2) is 5.71. The van der Waals surface area contributed by atoms with Gasteiger partial charge in [-0.3, -0.25) is 4.79 Å². The summed E-state index contributed by atoms with van der Waals surface area (Å²) in [4.78, 5) is 15.5. The molecule has 1 aromatic carbocycles. The van der Waals surface area contributed by atoms with E-state index in [0.29, 0.717) is 23.0 Å². The van der Waals surface area contributed by atoms with Gasteiger partial charge in [-0.15, -0.1) is 11.3 Å². The number of hydrogen-bond acceptors (Lipinski definition) is 5. The van der Waals surface area contributed by atoms with Gasteiger partial charge in [0.05, 0.1) is 17.8 Å². The summed E-state index contributed by atoms with van der Waals surface area (Å²) in [6, 6.07) is 5.50. The van der Waals surface area contributed by atoms with Crippen LogP contribution < -0.4 is 15.8 Å². The third kappa shape index (κ3) is 3.03. The first-order chi connectivity index (χ1) is 9.11. The molecule has 0 spiro atoms. The lowest BCUT2D eigenvalue weighted by atomic mass is 10.1. The van der Waals surface area contributed by atoms with E-state index < -0.39 is 0 Å². The number of amides is 1. The largest absolute Gasteiger partial charge is 0.492 e. The number of nitrogens with zero attached hydrogens (tertiary/aromatic N) is 1. The standard InChI is InChI=1S/C13H15N3O2S/c1-3-18-11-5-4-9(6-10(11)16-8(2)17)12-13(14)19-7-15-12/h4-7H,3,14H2,1-2H3,(H,16,17). The Morgan fingerprint density at radius 1 is 1.53 bits per heavy atom. The van der Waals surface area contributed by atoms with E-state index in [0.717, 1.165) is 11.3 Å². The molecule has 0 aliphatic carbocycles. The number of nitrogens with one attached hydrogen (secondary N) is 1. The van der Waals surface area contributed by atoms with Gasteiger partial charge >= 0.3 is 0 Å². The minimum absolute atomic E-state index is 0.149. The molecule has 2 rings (SSSR count). The molecule has 0 fully saturated rings. The number of rotatable bonds is 4. The Balaban J connectivity index is 2.43. The highest BCUT2D eigenvalue weighted by Gasteiger charge is 2.11. The summed E-state index contributed by atoms with van der Waals surface area (Å²) >= 11 is 1.38. The molecule has 0 saturated carbocycles. The quantitative estimate of drug-likeness (QED) is 0.900. The molecule has 5 nitrogen and oxygen atoms in total. The predicted molar refractivity (Wildman–Crippen MR) is 77.4 cm³/mol. The first-order valence-corrected chi connectivity index (χ1v) is 6.73. The van der Waals surface area contributed by atoms with E-state index >= 15 is 0 Å². The van der Waals surface area contributed by atoms with Gasteiger partial charge in [0.15, 0.2) is 0 Å². The molecule has 1 aromatic heterocycles. The maximum atomic E-state index is 11.2. The molecular formula is C13H15N3O2S. The van der Waals surface area contributed by atoms with Crippen LogP contribution >= 0.6 is 11.3 Å². The van der Waals surface area contributed by atoms with E-state index in [9.17, 15) is 4.79 Å². The van der Waals surface area contributed by atoms with Crippen LogP contribution in [0.4, 0.5) is 10.7 Å². The number of benzene rings is 1. The molecule has 0 unspecified atom stereocenters. The van der Waals surface area contributed by atoms with Gasteiger partial charge < -0.3 is 15.8 Å². The summed E-state index contributed by atoms with van der Waals surface area (Å²) < 4.78 is 5.48. The van der Waals surface area contributed by atoms with Crippen LogP contribution in [0.3, 0.4) is 0 Å². The Hall–Kier alpha value is -2.08. The average molecular weight is 277 g/mol. The monoisotopic (exact) mass is 277 g/mol. The third-order valence-corrected chi connectivity index (χ3v) is 3.12. The fourth-order valence-corrected chi connectivity index (χ4v) is 2.27. The van der Waals surface area contributed by atoms with Crippen molar-refractivity contribution >= 4 is 27.9 Å². The Kier molecular flexibility index (Phi) is 4.01. The van der Waals surface area contributed by atoms with Crippen LogP contribution in [0.1, 0.15) is 13.8 Å². The van der Waals surface area contributed by atoms with Gasteiger partial charge in [0.25, 0.3) is 0 Å². The van der Waals surface area contributed by atoms with Crippen molar-refractivity contribution in [1.29, 1.82) is 0 Å². The second-order valence-corrected chi connectivity index (χ2v) is 4.78. The highest BCUT2D eigenvalue weighted by molar-refractivity contribution is 7.14. The van der Waals surface area contributed by atoms with Gasteiger partial charge in [0.1, 0.15) is 16.4 Å². The lowest BCUT2D eigenvalue weighted by molar-refractivity contribution is -0.114. The summed E-state index contributed by atoms with van der Waals surface area (Å²) in [5.41, 5.74) is 9.75. The molecule has 3 N–H and O–H groups in total. The highest BCUT2D eigenvalue weighted by atomic mass is 32.1. The lowest BCUT2D eigenvalue weighted by Gasteiger charge is -2.12. The third-order valence-electron chi connectivity index (χ3n) is 2.46. The van der Waals surface area contributed by atoms with E-state index in [-0.39, 0.29) is 5.91 Å². The molecule has 0 atom stereocenters. The number of hydrogen-bond donors (Lipinski definition) is 2. The molecule has 2 aromatic rings. The average Bonchev–Trinajstić information content (AvgIpc) is 2.77. The summed E-state index contributed by atoms with van der Waals surface area (Å²) in [5.74, 6) is 0.486. The number of aromatic nitrogens is 1. The Labute approximate surface area is 115 Å². The van der Waals surface area contributed by atoms with E-state index in [2.05, 4.69) is 10.3 Å². The number of thiazole rings is 1. The summed E-state index contributed by atoms with van der Waals surface area (Å²) in [5, 5.41) is 3.40. The first kappa shape index (κ1) is 13.4. The fourth-order valence-electron chi connectivity index (χ4n) is 1.72. The molecule has 100 valence electrons. The number of carbonyl (C=O) groups excluding carboxylic acids is 1. The lowest BCUT2D eigenvalue weighted by Crippen LogP contribution is -2.08. The van der Waals surface area contributed by atoms with Crippen LogP contribution in [-0.2, 0) is 4.79 Å². The van der Waals surface area contributed by atoms with Gasteiger partial charge in [-0.25, -0.2) is 4.98 Å². The van der Waals surface area contributed by atoms with Crippen molar-refractivity contribution in [2.45, 2.75) is 13.8 Å². The van der Waals surface area contributed by atoms with Crippen molar-refractivity contribution < 1.29 is 9.53 Å². The van der Waals surface area contributed by atoms with E-state index in [1.165, 1.54) is 18.3 Å². The zero-order valence-corrected chi connectivity index (χ0v) is 11.6. The minimum Gasteiger partial charge on any atom is -0.492 e. The maximum absolute atomic E-state index is 11.2. The smallest absolute Gasteiger partial charge is 0.221 e. The molecule has 0 saturated heterocycles. The van der Waals surface area contributed by atoms with Crippen LogP contribution in [0.25, 0.3) is 11.3 Å². The number of ether oxygens (including phenoxy) is 1. The molecule has 19 heavy (non-hydrogen) atoms. The van der Waals surface area contributed by atoms with Crippen LogP contribution in [0.5, 0.6) is 5.75 Å². The fraction of sp³-hybridized carbons (Fsp3) is 0.231. The van der Waals surface area contributed by atoms with E-state index in [1.807, 2.05) is 25.1 Å². The van der Waals surface area contributed by atoms with Crippen LogP contribution in [0.2, 0.25) is 0 Å². The van der Waals surface area contributed by atoms with Crippen molar-refractivity contribution in [3.63, 3.8) is 0 Å². The molecule has 0 bridgehead atoms. The van der Waals surface area contributed by atoms with Crippen LogP contribution in [0.15, 0.2) is 23.7 Å². The Bertz CT molecular complexity index is 595. The van der Waals surface area contributed by atoms with Gasteiger partial charge in [-0.2, -0.15) is 0 Å². The van der Waals surface area contributed by atoms with E-state index in [1.54, 1.807) is 5.51 Å². The molecule has 0 aliphatic rings. The van der Waals surface area contributed by atoms with Crippen LogP contribution in [0, 0.1) is 0 Å². The number of anilines is 2. The van der Waals surface area contributed by atoms with Crippen molar-refractivity contribution in [2.75, 3.05) is 17.7 Å². The topological polar surface area (TPSA) is 77.2 Å².